The minimum absolute atomic E-state index is 0.0346. The second-order valence-electron chi connectivity index (χ2n) is 3.39. The van der Waals surface area contributed by atoms with E-state index in [1.54, 1.807) is 0 Å². The van der Waals surface area contributed by atoms with E-state index in [0.29, 0.717) is 12.5 Å². The van der Waals surface area contributed by atoms with E-state index in [9.17, 15) is 4.79 Å². The van der Waals surface area contributed by atoms with Gasteiger partial charge in [-0.25, -0.2) is 4.98 Å². The Balaban J connectivity index is 2.56. The molecule has 0 radical (unpaired) electrons. The first-order chi connectivity index (χ1) is 6.65. The Kier molecular flexibility index (Phi) is 3.58. The van der Waals surface area contributed by atoms with Crippen molar-refractivity contribution in [3.8, 4) is 0 Å². The van der Waals surface area contributed by atoms with Gasteiger partial charge in [-0.2, -0.15) is 5.10 Å². The van der Waals surface area contributed by atoms with Crippen LogP contribution >= 0.6 is 0 Å². The average Bonchev–Trinajstić information content (AvgIpc) is 2.65. The molecule has 1 aromatic rings. The summed E-state index contributed by atoms with van der Waals surface area (Å²) in [6.45, 7) is 4.41. The van der Waals surface area contributed by atoms with Crippen molar-refractivity contribution in [3.05, 3.63) is 12.2 Å². The number of hydrogen-bond donors (Lipinski definition) is 3. The van der Waals surface area contributed by atoms with Crippen molar-refractivity contribution in [2.45, 2.75) is 19.9 Å². The lowest BCUT2D eigenvalue weighted by molar-refractivity contribution is 0.0917. The second-order valence-corrected chi connectivity index (χ2v) is 3.39. The van der Waals surface area contributed by atoms with E-state index in [-0.39, 0.29) is 17.8 Å². The quantitative estimate of drug-likeness (QED) is 0.607. The predicted octanol–water partition coefficient (Wildman–Crippen LogP) is -0.482. The smallest absolute Gasteiger partial charge is 0.288 e. The molecule has 0 aliphatic heterocycles. The van der Waals surface area contributed by atoms with Crippen LogP contribution in [0.3, 0.4) is 0 Å². The van der Waals surface area contributed by atoms with Crippen molar-refractivity contribution in [1.29, 1.82) is 0 Å². The number of hydrogen-bond acceptors (Lipinski definition) is 4. The van der Waals surface area contributed by atoms with Crippen LogP contribution in [-0.2, 0) is 0 Å². The number of nitrogens with two attached hydrogens (primary N) is 1. The number of carbonyl (C=O) groups excluding carboxylic acids is 1. The van der Waals surface area contributed by atoms with Gasteiger partial charge in [0.15, 0.2) is 0 Å². The highest BCUT2D eigenvalue weighted by Crippen LogP contribution is 2.00. The van der Waals surface area contributed by atoms with Gasteiger partial charge in [-0.05, 0) is 5.92 Å². The largest absolute Gasteiger partial charge is 0.345 e. The third kappa shape index (κ3) is 2.53. The highest BCUT2D eigenvalue weighted by atomic mass is 16.2. The molecule has 6 heteroatoms. The summed E-state index contributed by atoms with van der Waals surface area (Å²) in [7, 11) is 0. The molecular weight excluding hydrogens is 182 g/mol. The Morgan fingerprint density at radius 3 is 2.86 bits per heavy atom. The molecule has 0 aromatic carbocycles. The third-order valence-corrected chi connectivity index (χ3v) is 2.01. The summed E-state index contributed by atoms with van der Waals surface area (Å²) in [6.07, 6.45) is 1.29. The first-order valence-electron chi connectivity index (χ1n) is 4.51. The highest BCUT2D eigenvalue weighted by molar-refractivity contribution is 5.90. The molecular formula is C8H15N5O. The first kappa shape index (κ1) is 10.6. The molecule has 0 aliphatic carbocycles. The number of aromatic amines is 1. The van der Waals surface area contributed by atoms with Gasteiger partial charge >= 0.3 is 0 Å². The number of nitrogens with zero attached hydrogens (tertiary/aromatic N) is 2. The maximum atomic E-state index is 11.5. The second kappa shape index (κ2) is 4.71. The lowest BCUT2D eigenvalue weighted by Gasteiger charge is -2.19. The van der Waals surface area contributed by atoms with Crippen LogP contribution in [0.2, 0.25) is 0 Å². The molecule has 0 saturated heterocycles. The van der Waals surface area contributed by atoms with Gasteiger partial charge in [0.2, 0.25) is 5.82 Å². The SMILES string of the molecule is CC(C)C(CN)NC(=O)c1ncn[nH]1. The molecule has 1 heterocycles. The third-order valence-electron chi connectivity index (χ3n) is 2.01. The Bertz CT molecular complexity index is 282. The van der Waals surface area contributed by atoms with Crippen molar-refractivity contribution in [2.75, 3.05) is 6.54 Å². The molecule has 1 aromatic heterocycles. The fourth-order valence-electron chi connectivity index (χ4n) is 1.05. The number of H-pyrrole nitrogens is 1. The van der Waals surface area contributed by atoms with Crippen LogP contribution in [0.15, 0.2) is 6.33 Å². The molecule has 0 aliphatic rings. The number of carbonyl (C=O) groups is 1. The maximum Gasteiger partial charge on any atom is 0.288 e. The first-order valence-corrected chi connectivity index (χ1v) is 4.51. The summed E-state index contributed by atoms with van der Waals surface area (Å²) >= 11 is 0. The molecule has 1 amide bonds. The molecule has 14 heavy (non-hydrogen) atoms. The van der Waals surface area contributed by atoms with Gasteiger partial charge < -0.3 is 11.1 Å². The average molecular weight is 197 g/mol. The van der Waals surface area contributed by atoms with Crippen LogP contribution in [0.25, 0.3) is 0 Å². The zero-order chi connectivity index (χ0) is 10.6. The molecule has 0 spiro atoms. The van der Waals surface area contributed by atoms with Crippen molar-refractivity contribution >= 4 is 5.91 Å². The lowest BCUT2D eigenvalue weighted by atomic mass is 10.1. The van der Waals surface area contributed by atoms with Gasteiger partial charge in [-0.15, -0.1) is 0 Å². The molecule has 6 nitrogen and oxygen atoms in total. The summed E-state index contributed by atoms with van der Waals surface area (Å²) in [5.74, 6) is 0.239. The van der Waals surface area contributed by atoms with E-state index in [1.807, 2.05) is 13.8 Å². The van der Waals surface area contributed by atoms with Crippen LogP contribution < -0.4 is 11.1 Å². The van der Waals surface area contributed by atoms with Gasteiger partial charge in [0, 0.05) is 12.6 Å². The molecule has 4 N–H and O–H groups in total. The monoisotopic (exact) mass is 197 g/mol. The van der Waals surface area contributed by atoms with Crippen molar-refractivity contribution in [2.24, 2.45) is 11.7 Å². The van der Waals surface area contributed by atoms with Crippen molar-refractivity contribution in [3.63, 3.8) is 0 Å². The fourth-order valence-corrected chi connectivity index (χ4v) is 1.05. The zero-order valence-electron chi connectivity index (χ0n) is 8.32. The van der Waals surface area contributed by atoms with E-state index in [2.05, 4.69) is 20.5 Å². The minimum Gasteiger partial charge on any atom is -0.345 e. The summed E-state index contributed by atoms with van der Waals surface area (Å²) in [5, 5.41) is 8.86. The van der Waals surface area contributed by atoms with Gasteiger partial charge in [0.25, 0.3) is 5.91 Å². The van der Waals surface area contributed by atoms with Crippen molar-refractivity contribution < 1.29 is 4.79 Å². The van der Waals surface area contributed by atoms with E-state index < -0.39 is 0 Å². The Morgan fingerprint density at radius 2 is 2.43 bits per heavy atom. The Hall–Kier alpha value is -1.43. The summed E-state index contributed by atoms with van der Waals surface area (Å²) in [6, 6.07) is -0.0346. The highest BCUT2D eigenvalue weighted by Gasteiger charge is 2.16. The number of amides is 1. The van der Waals surface area contributed by atoms with E-state index >= 15 is 0 Å². The zero-order valence-corrected chi connectivity index (χ0v) is 8.32. The lowest BCUT2D eigenvalue weighted by Crippen LogP contribution is -2.44. The number of nitrogens with one attached hydrogen (secondary N) is 2. The summed E-state index contributed by atoms with van der Waals surface area (Å²) in [4.78, 5) is 15.2. The summed E-state index contributed by atoms with van der Waals surface area (Å²) < 4.78 is 0. The molecule has 78 valence electrons. The standard InChI is InChI=1S/C8H15N5O/c1-5(2)6(3-9)12-8(14)7-10-4-11-13-7/h4-6H,3,9H2,1-2H3,(H,12,14)(H,10,11,13). The molecule has 0 fully saturated rings. The van der Waals surface area contributed by atoms with Gasteiger partial charge in [0.05, 0.1) is 0 Å². The topological polar surface area (TPSA) is 96.7 Å². The summed E-state index contributed by atoms with van der Waals surface area (Å²) in [5.41, 5.74) is 5.51. The Morgan fingerprint density at radius 1 is 1.71 bits per heavy atom. The minimum atomic E-state index is -0.272. The van der Waals surface area contributed by atoms with Crippen LogP contribution in [0, 0.1) is 5.92 Å². The Labute approximate surface area is 82.3 Å². The van der Waals surface area contributed by atoms with E-state index in [1.165, 1.54) is 6.33 Å². The van der Waals surface area contributed by atoms with Crippen LogP contribution in [0.4, 0.5) is 0 Å². The predicted molar refractivity (Wildman–Crippen MR) is 51.5 cm³/mol. The fraction of sp³-hybridized carbons (Fsp3) is 0.625. The van der Waals surface area contributed by atoms with E-state index in [4.69, 9.17) is 5.73 Å². The van der Waals surface area contributed by atoms with Crippen LogP contribution in [0.5, 0.6) is 0 Å². The molecule has 1 rings (SSSR count). The normalized spacial score (nSPS) is 12.9. The maximum absolute atomic E-state index is 11.5. The molecule has 0 saturated carbocycles. The molecule has 1 unspecified atom stereocenters. The van der Waals surface area contributed by atoms with Gasteiger partial charge in [-0.1, -0.05) is 13.8 Å². The molecule has 1 atom stereocenters. The van der Waals surface area contributed by atoms with Gasteiger partial charge in [0.1, 0.15) is 6.33 Å². The van der Waals surface area contributed by atoms with Crippen LogP contribution in [0.1, 0.15) is 24.5 Å². The number of aromatic nitrogens is 3. The van der Waals surface area contributed by atoms with E-state index in [0.717, 1.165) is 0 Å². The van der Waals surface area contributed by atoms with Crippen molar-refractivity contribution in [1.82, 2.24) is 20.5 Å². The van der Waals surface area contributed by atoms with Crippen LogP contribution in [-0.4, -0.2) is 33.7 Å². The molecule has 0 bridgehead atoms. The van der Waals surface area contributed by atoms with Gasteiger partial charge in [-0.3, -0.25) is 9.89 Å². The number of rotatable bonds is 4.